The maximum absolute atomic E-state index is 13.5. The summed E-state index contributed by atoms with van der Waals surface area (Å²) in [6, 6.07) is 28.6. The van der Waals surface area contributed by atoms with Crippen LogP contribution in [0.15, 0.2) is 91.1 Å². The van der Waals surface area contributed by atoms with Crippen molar-refractivity contribution >= 4 is 16.7 Å². The fourth-order valence-corrected chi connectivity index (χ4v) is 4.08. The van der Waals surface area contributed by atoms with E-state index in [-0.39, 0.29) is 11.9 Å². The fraction of sp³-hybridized carbons (Fsp3) is 0.125. The van der Waals surface area contributed by atoms with Crippen molar-refractivity contribution in [2.75, 3.05) is 6.54 Å². The Morgan fingerprint density at radius 3 is 2.41 bits per heavy atom. The third-order valence-electron chi connectivity index (χ3n) is 5.41. The Kier molecular flexibility index (Phi) is 3.79. The summed E-state index contributed by atoms with van der Waals surface area (Å²) >= 11 is 0. The first-order chi connectivity index (χ1) is 13.3. The van der Waals surface area contributed by atoms with Gasteiger partial charge in [-0.05, 0) is 40.6 Å². The molecule has 0 bridgehead atoms. The van der Waals surface area contributed by atoms with Crippen molar-refractivity contribution in [3.63, 3.8) is 0 Å². The molecule has 1 aromatic heterocycles. The molecule has 27 heavy (non-hydrogen) atoms. The highest BCUT2D eigenvalue weighted by molar-refractivity contribution is 5.99. The highest BCUT2D eigenvalue weighted by Crippen LogP contribution is 2.33. The molecule has 0 spiro atoms. The summed E-state index contributed by atoms with van der Waals surface area (Å²) in [5.74, 6) is 0.0852. The van der Waals surface area contributed by atoms with E-state index in [1.54, 1.807) is 0 Å². The summed E-state index contributed by atoms with van der Waals surface area (Å²) in [5.41, 5.74) is 3.06. The van der Waals surface area contributed by atoms with Gasteiger partial charge in [0, 0.05) is 30.5 Å². The largest absolute Gasteiger partial charge is 0.348 e. The summed E-state index contributed by atoms with van der Waals surface area (Å²) in [4.78, 5) is 15.5. The lowest BCUT2D eigenvalue weighted by Gasteiger charge is -2.37. The minimum atomic E-state index is -0.0612. The SMILES string of the molecule is O=C(c1ccc2ccccc2c1)N1CCn2cccc2C1c1ccccc1. The van der Waals surface area contributed by atoms with Crippen molar-refractivity contribution in [1.29, 1.82) is 0 Å². The van der Waals surface area contributed by atoms with E-state index in [2.05, 4.69) is 47.2 Å². The van der Waals surface area contributed by atoms with Gasteiger partial charge in [-0.15, -0.1) is 0 Å². The summed E-state index contributed by atoms with van der Waals surface area (Å²) in [7, 11) is 0. The van der Waals surface area contributed by atoms with Gasteiger partial charge in [0.1, 0.15) is 0 Å². The van der Waals surface area contributed by atoms with E-state index in [1.807, 2.05) is 53.4 Å². The minimum Gasteiger partial charge on any atom is -0.348 e. The molecule has 0 aliphatic carbocycles. The molecule has 0 N–H and O–H groups in total. The number of amides is 1. The number of nitrogens with zero attached hydrogens (tertiary/aromatic N) is 2. The number of rotatable bonds is 2. The summed E-state index contributed by atoms with van der Waals surface area (Å²) in [5, 5.41) is 2.25. The van der Waals surface area contributed by atoms with E-state index < -0.39 is 0 Å². The second kappa shape index (κ2) is 6.44. The van der Waals surface area contributed by atoms with Gasteiger partial charge in [0.2, 0.25) is 0 Å². The number of benzene rings is 3. The zero-order valence-electron chi connectivity index (χ0n) is 15.0. The van der Waals surface area contributed by atoms with Crippen LogP contribution >= 0.6 is 0 Å². The van der Waals surface area contributed by atoms with Gasteiger partial charge in [-0.3, -0.25) is 4.79 Å². The third kappa shape index (κ3) is 2.72. The van der Waals surface area contributed by atoms with Gasteiger partial charge in [-0.25, -0.2) is 0 Å². The number of aromatic nitrogens is 1. The number of fused-ring (bicyclic) bond motifs is 2. The lowest BCUT2D eigenvalue weighted by molar-refractivity contribution is 0.0664. The van der Waals surface area contributed by atoms with E-state index in [0.29, 0.717) is 6.54 Å². The van der Waals surface area contributed by atoms with Gasteiger partial charge in [-0.2, -0.15) is 0 Å². The Morgan fingerprint density at radius 2 is 1.56 bits per heavy atom. The van der Waals surface area contributed by atoms with Gasteiger partial charge in [-0.1, -0.05) is 60.7 Å². The molecule has 0 saturated carbocycles. The van der Waals surface area contributed by atoms with E-state index >= 15 is 0 Å². The molecule has 3 nitrogen and oxygen atoms in total. The maximum atomic E-state index is 13.5. The van der Waals surface area contributed by atoms with Crippen molar-refractivity contribution in [3.8, 4) is 0 Å². The minimum absolute atomic E-state index is 0.0612. The molecule has 3 heteroatoms. The summed E-state index contributed by atoms with van der Waals surface area (Å²) in [6.45, 7) is 1.53. The van der Waals surface area contributed by atoms with Crippen molar-refractivity contribution in [2.45, 2.75) is 12.6 Å². The Balaban J connectivity index is 1.58. The molecule has 1 unspecified atom stereocenters. The molecule has 132 valence electrons. The molecule has 1 atom stereocenters. The second-order valence-electron chi connectivity index (χ2n) is 7.00. The average molecular weight is 352 g/mol. The zero-order chi connectivity index (χ0) is 18.2. The van der Waals surface area contributed by atoms with Crippen LogP contribution in [0, 0.1) is 0 Å². The van der Waals surface area contributed by atoms with Crippen molar-refractivity contribution in [3.05, 3.63) is 108 Å². The van der Waals surface area contributed by atoms with Crippen LogP contribution in [-0.4, -0.2) is 21.9 Å². The van der Waals surface area contributed by atoms with Gasteiger partial charge in [0.25, 0.3) is 5.91 Å². The number of hydrogen-bond acceptors (Lipinski definition) is 1. The fourth-order valence-electron chi connectivity index (χ4n) is 4.08. The van der Waals surface area contributed by atoms with Crippen LogP contribution in [0.1, 0.15) is 27.7 Å². The van der Waals surface area contributed by atoms with Gasteiger partial charge in [0.15, 0.2) is 0 Å². The normalized spacial score (nSPS) is 16.3. The first-order valence-corrected chi connectivity index (χ1v) is 9.31. The van der Waals surface area contributed by atoms with Crippen molar-refractivity contribution in [1.82, 2.24) is 9.47 Å². The zero-order valence-corrected chi connectivity index (χ0v) is 15.0. The van der Waals surface area contributed by atoms with Gasteiger partial charge in [0.05, 0.1) is 6.04 Å². The van der Waals surface area contributed by atoms with Crippen LogP contribution in [0.3, 0.4) is 0 Å². The molecular formula is C24H20N2O. The first kappa shape index (κ1) is 15.9. The lowest BCUT2D eigenvalue weighted by atomic mass is 9.98. The van der Waals surface area contributed by atoms with E-state index in [4.69, 9.17) is 0 Å². The van der Waals surface area contributed by atoms with Crippen molar-refractivity contribution in [2.24, 2.45) is 0 Å². The van der Waals surface area contributed by atoms with Gasteiger partial charge >= 0.3 is 0 Å². The Morgan fingerprint density at radius 1 is 0.778 bits per heavy atom. The van der Waals surface area contributed by atoms with Gasteiger partial charge < -0.3 is 9.47 Å². The van der Waals surface area contributed by atoms with Crippen LogP contribution in [-0.2, 0) is 6.54 Å². The van der Waals surface area contributed by atoms with Crippen LogP contribution in [0.2, 0.25) is 0 Å². The predicted molar refractivity (Wildman–Crippen MR) is 108 cm³/mol. The molecule has 1 amide bonds. The molecule has 0 fully saturated rings. The topological polar surface area (TPSA) is 25.2 Å². The standard InChI is InChI=1S/C24H20N2O/c27-24(21-13-12-18-7-4-5-10-20(18)17-21)26-16-15-25-14-6-11-22(25)23(26)19-8-2-1-3-9-19/h1-14,17,23H,15-16H2. The van der Waals surface area contributed by atoms with Crippen LogP contribution in [0.4, 0.5) is 0 Å². The van der Waals surface area contributed by atoms with Crippen LogP contribution < -0.4 is 0 Å². The lowest BCUT2D eigenvalue weighted by Crippen LogP contribution is -2.42. The molecule has 0 radical (unpaired) electrons. The molecule has 2 heterocycles. The highest BCUT2D eigenvalue weighted by Gasteiger charge is 2.32. The van der Waals surface area contributed by atoms with E-state index in [0.717, 1.165) is 28.4 Å². The molecule has 5 rings (SSSR count). The number of carbonyl (C=O) groups excluding carboxylic acids is 1. The molecule has 3 aromatic carbocycles. The van der Waals surface area contributed by atoms with Crippen molar-refractivity contribution < 1.29 is 4.79 Å². The molecular weight excluding hydrogens is 332 g/mol. The molecule has 1 aliphatic heterocycles. The quantitative estimate of drug-likeness (QED) is 0.504. The average Bonchev–Trinajstić information content (AvgIpc) is 3.21. The maximum Gasteiger partial charge on any atom is 0.254 e. The summed E-state index contributed by atoms with van der Waals surface area (Å²) < 4.78 is 2.25. The number of hydrogen-bond donors (Lipinski definition) is 0. The van der Waals surface area contributed by atoms with Crippen LogP contribution in [0.5, 0.6) is 0 Å². The Hall–Kier alpha value is -3.33. The highest BCUT2D eigenvalue weighted by atomic mass is 16.2. The Bertz CT molecular complexity index is 1110. The number of carbonyl (C=O) groups is 1. The van der Waals surface area contributed by atoms with Crippen LogP contribution in [0.25, 0.3) is 10.8 Å². The Labute approximate surface area is 158 Å². The monoisotopic (exact) mass is 352 g/mol. The molecule has 0 saturated heterocycles. The summed E-state index contributed by atoms with van der Waals surface area (Å²) in [6.07, 6.45) is 2.10. The molecule has 4 aromatic rings. The molecule has 1 aliphatic rings. The smallest absolute Gasteiger partial charge is 0.254 e. The first-order valence-electron chi connectivity index (χ1n) is 9.31. The second-order valence-corrected chi connectivity index (χ2v) is 7.00. The third-order valence-corrected chi connectivity index (χ3v) is 5.41. The van der Waals surface area contributed by atoms with E-state index in [9.17, 15) is 4.79 Å². The van der Waals surface area contributed by atoms with E-state index in [1.165, 1.54) is 5.69 Å². The predicted octanol–water partition coefficient (Wildman–Crippen LogP) is 4.89.